The molecule has 1 heterocycles. The number of aliphatic hydroxyl groups is 3. The number of quaternary nitrogens is 2. The first-order valence-electron chi connectivity index (χ1n) is 3.85. The molecular weight excluding hydrogens is 219 g/mol. The van der Waals surface area contributed by atoms with Crippen molar-refractivity contribution in [2.45, 2.75) is 30.9 Å². The Morgan fingerprint density at radius 1 is 1.08 bits per heavy atom. The quantitative estimate of drug-likeness (QED) is 0.328. The largest absolute Gasteiger partial charge is 1.00 e. The summed E-state index contributed by atoms with van der Waals surface area (Å²) in [6.07, 6.45) is -1.98. The first-order chi connectivity index (χ1) is 5.16. The van der Waals surface area contributed by atoms with Crippen molar-refractivity contribution in [3.63, 3.8) is 0 Å². The molecule has 1 rings (SSSR count). The van der Waals surface area contributed by atoms with E-state index in [1.54, 1.807) is 5.32 Å². The second-order valence-corrected chi connectivity index (χ2v) is 2.97. The van der Waals surface area contributed by atoms with Gasteiger partial charge in [0.05, 0.1) is 13.0 Å². The fourth-order valence-electron chi connectivity index (χ4n) is 1.44. The number of hydrogen-bond acceptors (Lipinski definition) is 3. The molecule has 0 aromatic heterocycles. The number of rotatable bonds is 2. The Hall–Kier alpha value is 0.380. The van der Waals surface area contributed by atoms with Crippen LogP contribution < -0.4 is 35.9 Å². The van der Waals surface area contributed by atoms with E-state index in [0.29, 0.717) is 6.54 Å². The fourth-order valence-corrected chi connectivity index (χ4v) is 1.44. The Kier molecular flexibility index (Phi) is 8.26. The van der Waals surface area contributed by atoms with Crippen molar-refractivity contribution in [3.05, 3.63) is 0 Å². The molecule has 1 unspecified atom stereocenters. The van der Waals surface area contributed by atoms with Crippen molar-refractivity contribution >= 4 is 0 Å². The highest BCUT2D eigenvalue weighted by Crippen LogP contribution is 2.07. The van der Waals surface area contributed by atoms with Gasteiger partial charge in [0, 0.05) is 0 Å². The lowest BCUT2D eigenvalue weighted by atomic mass is 10.1. The molecule has 0 radical (unpaired) electrons. The second-order valence-electron chi connectivity index (χ2n) is 2.97. The monoisotopic (exact) mass is 234 g/mol. The second kappa shape index (κ2) is 6.78. The summed E-state index contributed by atoms with van der Waals surface area (Å²) in [6, 6.07) is -0.0995. The highest BCUT2D eigenvalue weighted by molar-refractivity contribution is 4.80. The van der Waals surface area contributed by atoms with Crippen molar-refractivity contribution < 1.29 is 51.2 Å². The van der Waals surface area contributed by atoms with Crippen LogP contribution in [0.15, 0.2) is 0 Å². The van der Waals surface area contributed by atoms with Crippen molar-refractivity contribution in [3.8, 4) is 0 Å². The van der Waals surface area contributed by atoms with Gasteiger partial charge in [0.15, 0.2) is 6.10 Å². The van der Waals surface area contributed by atoms with E-state index in [1.807, 2.05) is 0 Å². The van der Waals surface area contributed by atoms with E-state index in [-0.39, 0.29) is 30.9 Å². The minimum Gasteiger partial charge on any atom is -1.00 e. The molecule has 5 nitrogen and oxygen atoms in total. The van der Waals surface area contributed by atoms with Crippen LogP contribution in [0.5, 0.6) is 0 Å². The average Bonchev–Trinajstić information content (AvgIpc) is 2.19. The van der Waals surface area contributed by atoms with E-state index in [0.717, 1.165) is 6.42 Å². The third-order valence-electron chi connectivity index (χ3n) is 2.12. The van der Waals surface area contributed by atoms with Crippen LogP contribution in [0.1, 0.15) is 6.42 Å². The topological polar surface area (TPSA) is 105 Å². The molecule has 13 heavy (non-hydrogen) atoms. The Morgan fingerprint density at radius 2 is 1.62 bits per heavy atom. The Labute approximate surface area is 89.1 Å². The van der Waals surface area contributed by atoms with Gasteiger partial charge in [0.25, 0.3) is 0 Å². The SMILES string of the molecule is [Cl-].[Cl-].[NH3+]CC[C@@H]1[NH2+]C(O)[C@@H](O)[C@H]1O. The van der Waals surface area contributed by atoms with E-state index in [2.05, 4.69) is 5.73 Å². The van der Waals surface area contributed by atoms with Gasteiger partial charge >= 0.3 is 0 Å². The summed E-state index contributed by atoms with van der Waals surface area (Å²) >= 11 is 0. The van der Waals surface area contributed by atoms with Crippen LogP contribution in [-0.4, -0.2) is 46.3 Å². The van der Waals surface area contributed by atoms with Crippen molar-refractivity contribution in [1.29, 1.82) is 0 Å². The van der Waals surface area contributed by atoms with Gasteiger partial charge in [-0.05, 0) is 0 Å². The molecule has 1 aliphatic heterocycles. The zero-order valence-corrected chi connectivity index (χ0v) is 8.62. The van der Waals surface area contributed by atoms with Crippen LogP contribution in [-0.2, 0) is 0 Å². The maximum atomic E-state index is 9.29. The van der Waals surface area contributed by atoms with E-state index in [9.17, 15) is 5.11 Å². The molecule has 1 aliphatic rings. The average molecular weight is 235 g/mol. The molecule has 0 spiro atoms. The van der Waals surface area contributed by atoms with Crippen molar-refractivity contribution in [1.82, 2.24) is 0 Å². The molecule has 1 fully saturated rings. The molecule has 0 amide bonds. The van der Waals surface area contributed by atoms with E-state index >= 15 is 0 Å². The van der Waals surface area contributed by atoms with Crippen LogP contribution in [0.2, 0.25) is 0 Å². The minimum absolute atomic E-state index is 0. The number of nitrogens with two attached hydrogens (primary N) is 1. The first-order valence-corrected chi connectivity index (χ1v) is 3.85. The zero-order valence-electron chi connectivity index (χ0n) is 7.11. The van der Waals surface area contributed by atoms with Crippen LogP contribution >= 0.6 is 0 Å². The fraction of sp³-hybridized carbons (Fsp3) is 1.00. The summed E-state index contributed by atoms with van der Waals surface area (Å²) in [5, 5.41) is 29.1. The summed E-state index contributed by atoms with van der Waals surface area (Å²) in [5.41, 5.74) is 3.64. The van der Waals surface area contributed by atoms with Gasteiger partial charge in [-0.3, -0.25) is 0 Å². The number of hydrogen-bond donors (Lipinski definition) is 5. The van der Waals surface area contributed by atoms with Gasteiger partial charge in [-0.1, -0.05) is 0 Å². The Balaban J connectivity index is 0. The molecule has 8 N–H and O–H groups in total. The Morgan fingerprint density at radius 3 is 1.92 bits per heavy atom. The van der Waals surface area contributed by atoms with Crippen molar-refractivity contribution in [2.24, 2.45) is 0 Å². The molecule has 7 heteroatoms. The highest BCUT2D eigenvalue weighted by Gasteiger charge is 2.44. The van der Waals surface area contributed by atoms with Crippen LogP contribution in [0.3, 0.4) is 0 Å². The van der Waals surface area contributed by atoms with Crippen LogP contribution in [0.25, 0.3) is 0 Å². The van der Waals surface area contributed by atoms with Gasteiger partial charge in [0.1, 0.15) is 12.1 Å². The molecule has 0 saturated carbocycles. The zero-order chi connectivity index (χ0) is 8.43. The number of aliphatic hydroxyl groups excluding tert-OH is 3. The maximum absolute atomic E-state index is 9.29. The lowest BCUT2D eigenvalue weighted by Crippen LogP contribution is -3.00. The lowest BCUT2D eigenvalue weighted by molar-refractivity contribution is -0.739. The summed E-state index contributed by atoms with van der Waals surface area (Å²) in [7, 11) is 0. The molecule has 0 aliphatic carbocycles. The molecule has 0 aromatic rings. The van der Waals surface area contributed by atoms with E-state index < -0.39 is 18.4 Å². The van der Waals surface area contributed by atoms with Crippen molar-refractivity contribution in [2.75, 3.05) is 6.54 Å². The van der Waals surface area contributed by atoms with Crippen LogP contribution in [0.4, 0.5) is 0 Å². The molecular formula is C6H16Cl2N2O3. The molecule has 1 saturated heterocycles. The lowest BCUT2D eigenvalue weighted by Gasteiger charge is -2.08. The van der Waals surface area contributed by atoms with Gasteiger partial charge in [-0.2, -0.15) is 0 Å². The first kappa shape index (κ1) is 15.8. The summed E-state index contributed by atoms with van der Waals surface area (Å²) in [6.45, 7) is 0.706. The normalized spacial score (nSPS) is 37.8. The molecule has 82 valence electrons. The predicted molar refractivity (Wildman–Crippen MR) is 36.1 cm³/mol. The van der Waals surface area contributed by atoms with Gasteiger partial charge in [-0.25, -0.2) is 0 Å². The Bertz CT molecular complexity index is 141. The number of halogens is 2. The van der Waals surface area contributed by atoms with Crippen LogP contribution in [0, 0.1) is 0 Å². The standard InChI is InChI=1S/C6H14N2O3.2ClH/c7-2-1-3-4(9)5(10)6(11)8-3;;/h3-6,8-11H,1-2,7H2;2*1H/t3-,4-,5-,6?;;/m0../s1. The highest BCUT2D eigenvalue weighted by atomic mass is 35.5. The van der Waals surface area contributed by atoms with E-state index in [4.69, 9.17) is 10.2 Å². The third kappa shape index (κ3) is 3.55. The predicted octanol–water partition coefficient (Wildman–Crippen LogP) is -10.4. The van der Waals surface area contributed by atoms with Gasteiger partial charge < -0.3 is 51.2 Å². The van der Waals surface area contributed by atoms with E-state index in [1.165, 1.54) is 0 Å². The minimum atomic E-state index is -1.01. The summed E-state index contributed by atoms with van der Waals surface area (Å²) < 4.78 is 0. The van der Waals surface area contributed by atoms with Gasteiger partial charge in [-0.15, -0.1) is 0 Å². The summed E-state index contributed by atoms with van der Waals surface area (Å²) in [4.78, 5) is 0. The maximum Gasteiger partial charge on any atom is 0.217 e. The molecule has 0 bridgehead atoms. The molecule has 4 atom stereocenters. The molecule has 0 aromatic carbocycles. The summed E-state index contributed by atoms with van der Waals surface area (Å²) in [5.74, 6) is 0. The smallest absolute Gasteiger partial charge is 0.217 e. The van der Waals surface area contributed by atoms with Gasteiger partial charge in [0.2, 0.25) is 6.23 Å². The third-order valence-corrected chi connectivity index (χ3v) is 2.12.